The highest BCUT2D eigenvalue weighted by Crippen LogP contribution is 2.42. The van der Waals surface area contributed by atoms with Crippen molar-refractivity contribution in [1.82, 2.24) is 0 Å². The van der Waals surface area contributed by atoms with Gasteiger partial charge in [-0.05, 0) is 35.2 Å². The third-order valence-corrected chi connectivity index (χ3v) is 5.97. The molecule has 0 aliphatic carbocycles. The van der Waals surface area contributed by atoms with Crippen molar-refractivity contribution in [2.75, 3.05) is 4.31 Å². The van der Waals surface area contributed by atoms with Crippen molar-refractivity contribution in [1.29, 1.82) is 0 Å². The van der Waals surface area contributed by atoms with Crippen LogP contribution in [0.1, 0.15) is 5.56 Å². The normalized spacial score (nSPS) is 15.4. The van der Waals surface area contributed by atoms with Crippen LogP contribution >= 0.6 is 0 Å². The Morgan fingerprint density at radius 3 is 2.23 bits per heavy atom. The summed E-state index contributed by atoms with van der Waals surface area (Å²) >= 11 is 0. The zero-order valence-corrected chi connectivity index (χ0v) is 14.0. The average molecular weight is 379 g/mol. The predicted molar refractivity (Wildman–Crippen MR) is 90.4 cm³/mol. The lowest BCUT2D eigenvalue weighted by molar-refractivity contribution is -0.274. The smallest absolute Gasteiger partial charge is 0.406 e. The van der Waals surface area contributed by atoms with Crippen molar-refractivity contribution >= 4 is 26.5 Å². The number of hydrogen-bond acceptors (Lipinski definition) is 3. The van der Waals surface area contributed by atoms with E-state index < -0.39 is 16.4 Å². The Bertz CT molecular complexity index is 1090. The van der Waals surface area contributed by atoms with E-state index >= 15 is 0 Å². The molecule has 0 amide bonds. The fourth-order valence-electron chi connectivity index (χ4n) is 3.09. The number of hydrogen-bond donors (Lipinski definition) is 0. The zero-order chi connectivity index (χ0) is 18.5. The van der Waals surface area contributed by atoms with Crippen LogP contribution in [0.15, 0.2) is 65.6 Å². The Balaban J connectivity index is 1.69. The molecule has 0 radical (unpaired) electrons. The number of nitrogens with zero attached hydrogens (tertiary/aromatic N) is 1. The summed E-state index contributed by atoms with van der Waals surface area (Å²) < 4.78 is 67.6. The van der Waals surface area contributed by atoms with E-state index in [0.29, 0.717) is 16.6 Å². The Kier molecular flexibility index (Phi) is 3.62. The predicted octanol–water partition coefficient (Wildman–Crippen LogP) is 4.45. The Labute approximate surface area is 147 Å². The van der Waals surface area contributed by atoms with Gasteiger partial charge in [0.25, 0.3) is 10.0 Å². The molecule has 134 valence electrons. The van der Waals surface area contributed by atoms with Crippen LogP contribution in [0.2, 0.25) is 0 Å². The van der Waals surface area contributed by atoms with Crippen LogP contribution in [0.25, 0.3) is 10.8 Å². The molecule has 0 saturated carbocycles. The number of sulfonamides is 1. The Morgan fingerprint density at radius 2 is 1.58 bits per heavy atom. The molecule has 0 saturated heterocycles. The lowest BCUT2D eigenvalue weighted by atomic mass is 10.1. The molecular weight excluding hydrogens is 367 g/mol. The standard InChI is InChI=1S/C18H12F3NO3S/c19-18(20,21)25-14-9-7-12(8-10-14)11-22-15-5-1-3-13-4-2-6-16(17(13)15)26(22,23)24/h1-10H,11H2. The van der Waals surface area contributed by atoms with Gasteiger partial charge in [0.15, 0.2) is 0 Å². The molecular formula is C18H12F3NO3S. The van der Waals surface area contributed by atoms with Gasteiger partial charge in [-0.2, -0.15) is 0 Å². The Hall–Kier alpha value is -2.74. The van der Waals surface area contributed by atoms with Crippen LogP contribution in [-0.4, -0.2) is 14.8 Å². The van der Waals surface area contributed by atoms with Gasteiger partial charge in [0.1, 0.15) is 5.75 Å². The van der Waals surface area contributed by atoms with Crippen LogP contribution in [0.3, 0.4) is 0 Å². The summed E-state index contributed by atoms with van der Waals surface area (Å²) in [6.45, 7) is 0.0163. The lowest BCUT2D eigenvalue weighted by Gasteiger charge is -2.19. The second-order valence-electron chi connectivity index (χ2n) is 5.83. The van der Waals surface area contributed by atoms with Crippen molar-refractivity contribution in [3.63, 3.8) is 0 Å². The van der Waals surface area contributed by atoms with Crippen LogP contribution < -0.4 is 9.04 Å². The molecule has 8 heteroatoms. The van der Waals surface area contributed by atoms with Gasteiger partial charge in [0.2, 0.25) is 0 Å². The van der Waals surface area contributed by atoms with Gasteiger partial charge in [-0.15, -0.1) is 13.2 Å². The maximum absolute atomic E-state index is 12.9. The van der Waals surface area contributed by atoms with Crippen molar-refractivity contribution in [2.45, 2.75) is 17.8 Å². The third kappa shape index (κ3) is 2.76. The van der Waals surface area contributed by atoms with Crippen molar-refractivity contribution in [3.05, 3.63) is 66.2 Å². The fraction of sp³-hybridized carbons (Fsp3) is 0.111. The summed E-state index contributed by atoms with van der Waals surface area (Å²) in [5.74, 6) is -0.351. The first-order chi connectivity index (χ1) is 12.3. The van der Waals surface area contributed by atoms with E-state index in [-0.39, 0.29) is 17.2 Å². The molecule has 4 rings (SSSR count). The van der Waals surface area contributed by atoms with Crippen molar-refractivity contribution in [3.8, 4) is 5.75 Å². The highest BCUT2D eigenvalue weighted by atomic mass is 32.2. The number of benzene rings is 3. The van der Waals surface area contributed by atoms with Gasteiger partial charge in [0, 0.05) is 5.39 Å². The minimum atomic E-state index is -4.77. The molecule has 3 aromatic rings. The van der Waals surface area contributed by atoms with Gasteiger partial charge < -0.3 is 4.74 Å². The average Bonchev–Trinajstić information content (AvgIpc) is 2.79. The van der Waals surface area contributed by atoms with E-state index in [9.17, 15) is 21.6 Å². The van der Waals surface area contributed by atoms with Gasteiger partial charge in [-0.25, -0.2) is 8.42 Å². The molecule has 0 unspecified atom stereocenters. The van der Waals surface area contributed by atoms with E-state index in [1.54, 1.807) is 24.3 Å². The molecule has 1 aliphatic rings. The van der Waals surface area contributed by atoms with E-state index in [1.165, 1.54) is 28.6 Å². The van der Waals surface area contributed by atoms with E-state index in [4.69, 9.17) is 0 Å². The summed E-state index contributed by atoms with van der Waals surface area (Å²) in [5.41, 5.74) is 1.11. The summed E-state index contributed by atoms with van der Waals surface area (Å²) in [7, 11) is -3.71. The van der Waals surface area contributed by atoms with Crippen molar-refractivity contribution in [2.24, 2.45) is 0 Å². The number of halogens is 3. The first-order valence-corrected chi connectivity index (χ1v) is 9.09. The first-order valence-electron chi connectivity index (χ1n) is 7.65. The van der Waals surface area contributed by atoms with Crippen LogP contribution in [0.5, 0.6) is 5.75 Å². The second kappa shape index (κ2) is 5.63. The summed E-state index contributed by atoms with van der Waals surface area (Å²) in [6, 6.07) is 15.6. The lowest BCUT2D eigenvalue weighted by Crippen LogP contribution is -2.26. The SMILES string of the molecule is O=S1(=O)c2cccc3cccc(c23)N1Cc1ccc(OC(F)(F)F)cc1. The summed E-state index contributed by atoms with van der Waals surface area (Å²) in [4.78, 5) is 0.239. The van der Waals surface area contributed by atoms with E-state index in [1.807, 2.05) is 12.1 Å². The molecule has 1 aliphatic heterocycles. The number of rotatable bonds is 3. The largest absolute Gasteiger partial charge is 0.573 e. The maximum atomic E-state index is 12.9. The Morgan fingerprint density at radius 1 is 0.923 bits per heavy atom. The van der Waals surface area contributed by atoms with Crippen LogP contribution in [0.4, 0.5) is 18.9 Å². The van der Waals surface area contributed by atoms with Gasteiger partial charge in [0.05, 0.1) is 17.1 Å². The summed E-state index contributed by atoms with van der Waals surface area (Å²) in [5, 5.41) is 1.48. The highest BCUT2D eigenvalue weighted by Gasteiger charge is 2.35. The minimum Gasteiger partial charge on any atom is -0.406 e. The maximum Gasteiger partial charge on any atom is 0.573 e. The first kappa shape index (κ1) is 16.7. The highest BCUT2D eigenvalue weighted by molar-refractivity contribution is 7.93. The van der Waals surface area contributed by atoms with Gasteiger partial charge in [-0.3, -0.25) is 4.31 Å². The number of ether oxygens (including phenoxy) is 1. The molecule has 0 aromatic heterocycles. The quantitative estimate of drug-likeness (QED) is 0.676. The molecule has 0 bridgehead atoms. The molecule has 1 heterocycles. The van der Waals surface area contributed by atoms with E-state index in [0.717, 1.165) is 5.39 Å². The van der Waals surface area contributed by atoms with Gasteiger partial charge >= 0.3 is 6.36 Å². The molecule has 26 heavy (non-hydrogen) atoms. The molecule has 0 N–H and O–H groups in total. The van der Waals surface area contributed by atoms with Crippen LogP contribution in [-0.2, 0) is 16.6 Å². The molecule has 0 atom stereocenters. The minimum absolute atomic E-state index is 0.0163. The van der Waals surface area contributed by atoms with Crippen molar-refractivity contribution < 1.29 is 26.3 Å². The monoisotopic (exact) mass is 379 g/mol. The second-order valence-corrected chi connectivity index (χ2v) is 7.67. The zero-order valence-electron chi connectivity index (χ0n) is 13.2. The summed E-state index contributed by atoms with van der Waals surface area (Å²) in [6.07, 6.45) is -4.77. The molecule has 3 aromatic carbocycles. The molecule has 0 spiro atoms. The van der Waals surface area contributed by atoms with E-state index in [2.05, 4.69) is 4.74 Å². The number of anilines is 1. The van der Waals surface area contributed by atoms with Crippen LogP contribution in [0, 0.1) is 0 Å². The van der Waals surface area contributed by atoms with Gasteiger partial charge in [-0.1, -0.05) is 36.4 Å². The number of alkyl halides is 3. The molecule has 4 nitrogen and oxygen atoms in total. The molecule has 0 fully saturated rings. The topological polar surface area (TPSA) is 46.6 Å². The fourth-order valence-corrected chi connectivity index (χ4v) is 4.79. The third-order valence-electron chi connectivity index (χ3n) is 4.16.